The lowest BCUT2D eigenvalue weighted by Crippen LogP contribution is -1.94. The van der Waals surface area contributed by atoms with E-state index in [0.717, 1.165) is 16.9 Å². The average Bonchev–Trinajstić information content (AvgIpc) is 2.84. The van der Waals surface area contributed by atoms with E-state index in [2.05, 4.69) is 54.9 Å². The summed E-state index contributed by atoms with van der Waals surface area (Å²) in [6, 6.07) is 18.7. The molecule has 0 aliphatic carbocycles. The molecule has 2 aromatic carbocycles. The van der Waals surface area contributed by atoms with Crippen molar-refractivity contribution < 1.29 is 4.74 Å². The van der Waals surface area contributed by atoms with E-state index in [-0.39, 0.29) is 0 Å². The molecule has 0 spiro atoms. The average molecular weight is 302 g/mol. The molecule has 0 atom stereocenters. The third-order valence-electron chi connectivity index (χ3n) is 4.48. The minimum absolute atomic E-state index is 0.869. The highest BCUT2D eigenvalue weighted by molar-refractivity contribution is 5.97. The van der Waals surface area contributed by atoms with Crippen molar-refractivity contribution in [3.8, 4) is 17.0 Å². The van der Waals surface area contributed by atoms with Gasteiger partial charge in [0.15, 0.2) is 0 Å². The summed E-state index contributed by atoms with van der Waals surface area (Å²) >= 11 is 0. The second-order valence-electron chi connectivity index (χ2n) is 5.81. The van der Waals surface area contributed by atoms with Gasteiger partial charge in [0.25, 0.3) is 0 Å². The van der Waals surface area contributed by atoms with E-state index in [9.17, 15) is 0 Å². The van der Waals surface area contributed by atoms with Gasteiger partial charge in [0, 0.05) is 17.8 Å². The number of hydrogen-bond donors (Lipinski definition) is 0. The first-order valence-corrected chi connectivity index (χ1v) is 7.68. The molecule has 0 unspecified atom stereocenters. The fourth-order valence-corrected chi connectivity index (χ4v) is 3.28. The summed E-state index contributed by atoms with van der Waals surface area (Å²) in [5.74, 6) is 0.869. The number of benzene rings is 2. The quantitative estimate of drug-likeness (QED) is 0.536. The van der Waals surface area contributed by atoms with Crippen molar-refractivity contribution in [2.75, 3.05) is 7.11 Å². The molecular weight excluding hydrogens is 284 g/mol. The number of pyridine rings is 1. The van der Waals surface area contributed by atoms with Crippen LogP contribution in [0.25, 0.3) is 33.2 Å². The number of ether oxygens (including phenoxy) is 1. The largest absolute Gasteiger partial charge is 0.497 e. The zero-order valence-corrected chi connectivity index (χ0v) is 13.5. The third kappa shape index (κ3) is 2.08. The van der Waals surface area contributed by atoms with Gasteiger partial charge in [0.2, 0.25) is 0 Å². The van der Waals surface area contributed by atoms with Crippen LogP contribution in [-0.4, -0.2) is 16.7 Å². The molecule has 2 aromatic heterocycles. The van der Waals surface area contributed by atoms with E-state index in [0.29, 0.717) is 0 Å². The van der Waals surface area contributed by atoms with Crippen LogP contribution in [0.4, 0.5) is 0 Å². The predicted octanol–water partition coefficient (Wildman–Crippen LogP) is 4.71. The van der Waals surface area contributed by atoms with E-state index < -0.39 is 0 Å². The van der Waals surface area contributed by atoms with Gasteiger partial charge in [-0.1, -0.05) is 18.2 Å². The smallest absolute Gasteiger partial charge is 0.141 e. The molecule has 4 aromatic rings. The monoisotopic (exact) mass is 302 g/mol. The number of aryl methyl sites for hydroxylation is 2. The Morgan fingerprint density at radius 2 is 1.74 bits per heavy atom. The number of rotatable bonds is 2. The number of fused-ring (bicyclic) bond motifs is 2. The summed E-state index contributed by atoms with van der Waals surface area (Å²) in [5.41, 5.74) is 5.68. The molecule has 114 valence electrons. The van der Waals surface area contributed by atoms with Gasteiger partial charge in [0.1, 0.15) is 11.4 Å². The summed E-state index contributed by atoms with van der Waals surface area (Å²) in [5, 5.41) is 2.38. The Hall–Kier alpha value is -2.81. The maximum atomic E-state index is 5.26. The van der Waals surface area contributed by atoms with Crippen molar-refractivity contribution >= 4 is 21.9 Å². The zero-order chi connectivity index (χ0) is 16.0. The Balaban J connectivity index is 2.00. The van der Waals surface area contributed by atoms with Crippen molar-refractivity contribution in [2.45, 2.75) is 6.92 Å². The van der Waals surface area contributed by atoms with Crippen LogP contribution >= 0.6 is 0 Å². The molecule has 0 aliphatic rings. The molecule has 0 saturated heterocycles. The molecule has 3 nitrogen and oxygen atoms in total. The van der Waals surface area contributed by atoms with Crippen LogP contribution in [0.3, 0.4) is 0 Å². The van der Waals surface area contributed by atoms with Gasteiger partial charge in [0.05, 0.1) is 18.3 Å². The molecule has 0 N–H and O–H groups in total. The second-order valence-corrected chi connectivity index (χ2v) is 5.81. The highest BCUT2D eigenvalue weighted by Gasteiger charge is 2.15. The van der Waals surface area contributed by atoms with Crippen LogP contribution in [0.5, 0.6) is 5.75 Å². The first-order valence-electron chi connectivity index (χ1n) is 7.68. The molecule has 0 fully saturated rings. The summed E-state index contributed by atoms with van der Waals surface area (Å²) in [6.07, 6.45) is 0. The molecule has 23 heavy (non-hydrogen) atoms. The molecule has 0 aliphatic heterocycles. The van der Waals surface area contributed by atoms with E-state index in [1.165, 1.54) is 27.6 Å². The van der Waals surface area contributed by atoms with Crippen LogP contribution in [0.15, 0.2) is 54.6 Å². The molecule has 2 heterocycles. The third-order valence-corrected chi connectivity index (χ3v) is 4.48. The van der Waals surface area contributed by atoms with Crippen molar-refractivity contribution in [1.29, 1.82) is 0 Å². The zero-order valence-electron chi connectivity index (χ0n) is 13.5. The lowest BCUT2D eigenvalue weighted by Gasteiger charge is -2.07. The Labute approximate surface area is 135 Å². The van der Waals surface area contributed by atoms with E-state index in [4.69, 9.17) is 9.72 Å². The minimum Gasteiger partial charge on any atom is -0.497 e. The van der Waals surface area contributed by atoms with E-state index in [1.807, 2.05) is 18.2 Å². The number of para-hydroxylation sites is 1. The normalized spacial score (nSPS) is 11.3. The van der Waals surface area contributed by atoms with E-state index >= 15 is 0 Å². The van der Waals surface area contributed by atoms with Crippen LogP contribution < -0.4 is 4.74 Å². The van der Waals surface area contributed by atoms with Crippen molar-refractivity contribution in [1.82, 2.24) is 9.55 Å². The van der Waals surface area contributed by atoms with Gasteiger partial charge in [-0.25, -0.2) is 4.98 Å². The van der Waals surface area contributed by atoms with Gasteiger partial charge in [-0.3, -0.25) is 0 Å². The molecular formula is C20H18N2O. The highest BCUT2D eigenvalue weighted by Crippen LogP contribution is 2.33. The van der Waals surface area contributed by atoms with Crippen molar-refractivity contribution in [3.63, 3.8) is 0 Å². The highest BCUT2D eigenvalue weighted by atomic mass is 16.5. The summed E-state index contributed by atoms with van der Waals surface area (Å²) in [6.45, 7) is 2.17. The summed E-state index contributed by atoms with van der Waals surface area (Å²) in [7, 11) is 3.77. The Kier molecular flexibility index (Phi) is 3.08. The van der Waals surface area contributed by atoms with Crippen LogP contribution in [0, 0.1) is 6.92 Å². The molecule has 0 amide bonds. The van der Waals surface area contributed by atoms with Gasteiger partial charge >= 0.3 is 0 Å². The second kappa shape index (κ2) is 5.13. The number of methoxy groups -OCH3 is 1. The summed E-state index contributed by atoms with van der Waals surface area (Å²) in [4.78, 5) is 4.86. The first-order chi connectivity index (χ1) is 11.2. The Morgan fingerprint density at radius 3 is 2.48 bits per heavy atom. The fraction of sp³-hybridized carbons (Fsp3) is 0.150. The lowest BCUT2D eigenvalue weighted by molar-refractivity contribution is 0.415. The molecule has 4 rings (SSSR count). The SMILES string of the molecule is COc1ccc(-c2c(C)c3cc4ccccc4nc3n2C)cc1. The number of hydrogen-bond acceptors (Lipinski definition) is 2. The van der Waals surface area contributed by atoms with E-state index in [1.54, 1.807) is 7.11 Å². The van der Waals surface area contributed by atoms with Crippen molar-refractivity contribution in [3.05, 3.63) is 60.2 Å². The fourth-order valence-electron chi connectivity index (χ4n) is 3.28. The number of aromatic nitrogens is 2. The standard InChI is InChI=1S/C20H18N2O/c1-13-17-12-15-6-4-5-7-18(15)21-20(17)22(2)19(13)14-8-10-16(23-3)11-9-14/h4-12H,1-3H3. The molecule has 0 bridgehead atoms. The van der Waals surface area contributed by atoms with Crippen LogP contribution in [0.2, 0.25) is 0 Å². The maximum Gasteiger partial charge on any atom is 0.141 e. The van der Waals surface area contributed by atoms with Gasteiger partial charge < -0.3 is 9.30 Å². The van der Waals surface area contributed by atoms with Gasteiger partial charge in [-0.05, 0) is 54.4 Å². The van der Waals surface area contributed by atoms with Crippen LogP contribution in [0.1, 0.15) is 5.56 Å². The van der Waals surface area contributed by atoms with Crippen molar-refractivity contribution in [2.24, 2.45) is 7.05 Å². The van der Waals surface area contributed by atoms with Gasteiger partial charge in [-0.15, -0.1) is 0 Å². The lowest BCUT2D eigenvalue weighted by atomic mass is 10.1. The van der Waals surface area contributed by atoms with Crippen LogP contribution in [-0.2, 0) is 7.05 Å². The predicted molar refractivity (Wildman–Crippen MR) is 94.9 cm³/mol. The maximum absolute atomic E-state index is 5.26. The van der Waals surface area contributed by atoms with Gasteiger partial charge in [-0.2, -0.15) is 0 Å². The molecule has 3 heteroatoms. The first kappa shape index (κ1) is 13.8. The Morgan fingerprint density at radius 1 is 1.00 bits per heavy atom. The topological polar surface area (TPSA) is 27.1 Å². The number of nitrogens with zero attached hydrogens (tertiary/aromatic N) is 2. The molecule has 0 radical (unpaired) electrons. The minimum atomic E-state index is 0.869. The molecule has 0 saturated carbocycles. The Bertz CT molecular complexity index is 955. The summed E-state index contributed by atoms with van der Waals surface area (Å²) < 4.78 is 7.44.